The van der Waals surface area contributed by atoms with Gasteiger partial charge in [-0.25, -0.2) is 0 Å². The molecule has 1 aliphatic rings. The third kappa shape index (κ3) is 4.98. The standard InChI is InChI=1S/C23H17Cl2NO4S/c1-14-2-5-16(6-3-14)29-11-10-26-22(27)21(31-23(26)28)13-17-7-9-20(30-17)15-4-8-18(24)19(25)12-15/h2-9,12-13H,10-11H2,1H3/b21-13-. The summed E-state index contributed by atoms with van der Waals surface area (Å²) >= 11 is 12.9. The van der Waals surface area contributed by atoms with Crippen LogP contribution in [0.25, 0.3) is 17.4 Å². The predicted molar refractivity (Wildman–Crippen MR) is 124 cm³/mol. The van der Waals surface area contributed by atoms with E-state index in [0.717, 1.165) is 22.9 Å². The minimum atomic E-state index is -0.366. The summed E-state index contributed by atoms with van der Waals surface area (Å²) in [6.45, 7) is 2.38. The molecule has 0 N–H and O–H groups in total. The monoisotopic (exact) mass is 473 g/mol. The first-order valence-electron chi connectivity index (χ1n) is 9.41. The topological polar surface area (TPSA) is 59.8 Å². The molecule has 2 heterocycles. The molecule has 0 bridgehead atoms. The molecule has 8 heteroatoms. The third-order valence-corrected chi connectivity index (χ3v) is 6.23. The molecular formula is C23H17Cl2NO4S. The van der Waals surface area contributed by atoms with Crippen LogP contribution in [0.5, 0.6) is 5.75 Å². The van der Waals surface area contributed by atoms with E-state index in [2.05, 4.69) is 0 Å². The quantitative estimate of drug-likeness (QED) is 0.373. The molecule has 0 saturated carbocycles. The van der Waals surface area contributed by atoms with Crippen LogP contribution in [0.4, 0.5) is 4.79 Å². The van der Waals surface area contributed by atoms with Crippen LogP contribution in [-0.4, -0.2) is 29.2 Å². The van der Waals surface area contributed by atoms with Crippen LogP contribution in [0.1, 0.15) is 11.3 Å². The molecule has 1 fully saturated rings. The van der Waals surface area contributed by atoms with Crippen molar-refractivity contribution in [3.05, 3.63) is 80.9 Å². The molecule has 0 atom stereocenters. The Morgan fingerprint density at radius 1 is 1.03 bits per heavy atom. The van der Waals surface area contributed by atoms with Gasteiger partial charge in [0, 0.05) is 11.6 Å². The minimum Gasteiger partial charge on any atom is -0.492 e. The van der Waals surface area contributed by atoms with E-state index in [9.17, 15) is 9.59 Å². The van der Waals surface area contributed by atoms with Crippen molar-refractivity contribution in [2.24, 2.45) is 0 Å². The van der Waals surface area contributed by atoms with Crippen LogP contribution < -0.4 is 4.74 Å². The second-order valence-corrected chi connectivity index (χ2v) is 8.63. The maximum Gasteiger partial charge on any atom is 0.293 e. The summed E-state index contributed by atoms with van der Waals surface area (Å²) in [5.74, 6) is 1.37. The molecule has 5 nitrogen and oxygen atoms in total. The molecular weight excluding hydrogens is 457 g/mol. The highest BCUT2D eigenvalue weighted by atomic mass is 35.5. The van der Waals surface area contributed by atoms with Gasteiger partial charge in [0.1, 0.15) is 23.9 Å². The lowest BCUT2D eigenvalue weighted by Gasteiger charge is -2.13. The smallest absolute Gasteiger partial charge is 0.293 e. The van der Waals surface area contributed by atoms with Crippen molar-refractivity contribution >= 4 is 52.2 Å². The number of hydrogen-bond donors (Lipinski definition) is 0. The molecule has 2 amide bonds. The first kappa shape index (κ1) is 21.6. The molecule has 0 spiro atoms. The van der Waals surface area contributed by atoms with Gasteiger partial charge in [-0.3, -0.25) is 14.5 Å². The number of ether oxygens (including phenoxy) is 1. The zero-order valence-electron chi connectivity index (χ0n) is 16.4. The van der Waals surface area contributed by atoms with E-state index in [1.165, 1.54) is 4.90 Å². The lowest BCUT2D eigenvalue weighted by molar-refractivity contribution is -0.123. The first-order valence-corrected chi connectivity index (χ1v) is 11.0. The summed E-state index contributed by atoms with van der Waals surface area (Å²) in [6, 6.07) is 16.3. The van der Waals surface area contributed by atoms with Crippen molar-refractivity contribution < 1.29 is 18.7 Å². The van der Waals surface area contributed by atoms with Crippen LogP contribution in [-0.2, 0) is 4.79 Å². The first-order chi connectivity index (χ1) is 14.9. The molecule has 1 saturated heterocycles. The number of aryl methyl sites for hydroxylation is 1. The lowest BCUT2D eigenvalue weighted by atomic mass is 10.2. The Balaban J connectivity index is 1.41. The van der Waals surface area contributed by atoms with E-state index in [1.54, 1.807) is 36.4 Å². The fourth-order valence-electron chi connectivity index (χ4n) is 2.95. The van der Waals surface area contributed by atoms with Gasteiger partial charge in [-0.05, 0) is 61.2 Å². The highest BCUT2D eigenvalue weighted by molar-refractivity contribution is 8.18. The number of benzene rings is 2. The summed E-state index contributed by atoms with van der Waals surface area (Å²) in [5, 5.41) is 0.545. The molecule has 158 valence electrons. The highest BCUT2D eigenvalue weighted by Gasteiger charge is 2.35. The molecule has 0 radical (unpaired) electrons. The molecule has 3 aromatic rings. The Bertz CT molecular complexity index is 1170. The van der Waals surface area contributed by atoms with Crippen molar-refractivity contribution in [2.45, 2.75) is 6.92 Å². The summed E-state index contributed by atoms with van der Waals surface area (Å²) in [7, 11) is 0. The van der Waals surface area contributed by atoms with Crippen molar-refractivity contribution in [1.29, 1.82) is 0 Å². The van der Waals surface area contributed by atoms with E-state index < -0.39 is 0 Å². The fourth-order valence-corrected chi connectivity index (χ4v) is 4.09. The van der Waals surface area contributed by atoms with Crippen LogP contribution in [0, 0.1) is 6.92 Å². The van der Waals surface area contributed by atoms with Crippen LogP contribution in [0.2, 0.25) is 10.0 Å². The number of carbonyl (C=O) groups is 2. The van der Waals surface area contributed by atoms with Crippen molar-refractivity contribution in [2.75, 3.05) is 13.2 Å². The Labute approximate surface area is 193 Å². The summed E-state index contributed by atoms with van der Waals surface area (Å²) in [4.78, 5) is 26.4. The number of amides is 2. The van der Waals surface area contributed by atoms with Gasteiger partial charge >= 0.3 is 0 Å². The van der Waals surface area contributed by atoms with Gasteiger partial charge in [0.15, 0.2) is 0 Å². The number of thioether (sulfide) groups is 1. The average Bonchev–Trinajstić information content (AvgIpc) is 3.31. The number of furan rings is 1. The van der Waals surface area contributed by atoms with Crippen molar-refractivity contribution in [1.82, 2.24) is 4.90 Å². The van der Waals surface area contributed by atoms with Gasteiger partial charge in [0.05, 0.1) is 21.5 Å². The van der Waals surface area contributed by atoms with Crippen LogP contribution in [0.3, 0.4) is 0 Å². The molecule has 1 aliphatic heterocycles. The van der Waals surface area contributed by atoms with Gasteiger partial charge < -0.3 is 9.15 Å². The summed E-state index contributed by atoms with van der Waals surface area (Å²) < 4.78 is 11.4. The maximum atomic E-state index is 12.7. The van der Waals surface area contributed by atoms with Gasteiger partial charge in [-0.2, -0.15) is 0 Å². The number of imide groups is 1. The highest BCUT2D eigenvalue weighted by Crippen LogP contribution is 2.34. The zero-order valence-corrected chi connectivity index (χ0v) is 18.8. The lowest BCUT2D eigenvalue weighted by Crippen LogP contribution is -2.32. The molecule has 0 unspecified atom stereocenters. The molecule has 1 aromatic heterocycles. The number of carbonyl (C=O) groups excluding carboxylic acids is 2. The van der Waals surface area contributed by atoms with Gasteiger partial charge in [-0.15, -0.1) is 0 Å². The van der Waals surface area contributed by atoms with E-state index in [4.69, 9.17) is 32.4 Å². The van der Waals surface area contributed by atoms with Crippen molar-refractivity contribution in [3.63, 3.8) is 0 Å². The zero-order chi connectivity index (χ0) is 22.0. The predicted octanol–water partition coefficient (Wildman–Crippen LogP) is 6.68. The number of rotatable bonds is 6. The Kier molecular flexibility index (Phi) is 6.41. The second kappa shape index (κ2) is 9.22. The van der Waals surface area contributed by atoms with Crippen LogP contribution in [0.15, 0.2) is 63.9 Å². The molecule has 0 aliphatic carbocycles. The van der Waals surface area contributed by atoms with Gasteiger partial charge in [0.25, 0.3) is 11.1 Å². The van der Waals surface area contributed by atoms with E-state index in [0.29, 0.717) is 32.2 Å². The number of hydrogen-bond acceptors (Lipinski definition) is 5. The van der Waals surface area contributed by atoms with E-state index in [-0.39, 0.29) is 24.3 Å². The average molecular weight is 474 g/mol. The normalized spacial score (nSPS) is 15.2. The third-order valence-electron chi connectivity index (χ3n) is 4.58. The van der Waals surface area contributed by atoms with Crippen molar-refractivity contribution in [3.8, 4) is 17.1 Å². The Morgan fingerprint density at radius 3 is 2.55 bits per heavy atom. The Morgan fingerprint density at radius 2 is 1.81 bits per heavy atom. The molecule has 2 aromatic carbocycles. The SMILES string of the molecule is Cc1ccc(OCCN2C(=O)S/C(=C\c3ccc(-c4ccc(Cl)c(Cl)c4)o3)C2=O)cc1. The van der Waals surface area contributed by atoms with Gasteiger partial charge in [0.2, 0.25) is 0 Å². The number of nitrogens with zero attached hydrogens (tertiary/aromatic N) is 1. The fraction of sp³-hybridized carbons (Fsp3) is 0.130. The minimum absolute atomic E-state index is 0.169. The van der Waals surface area contributed by atoms with Gasteiger partial charge in [-0.1, -0.05) is 40.9 Å². The molecule has 4 rings (SSSR count). The largest absolute Gasteiger partial charge is 0.492 e. The summed E-state index contributed by atoms with van der Waals surface area (Å²) in [5.41, 5.74) is 1.89. The number of halogens is 2. The van der Waals surface area contributed by atoms with E-state index >= 15 is 0 Å². The second-order valence-electron chi connectivity index (χ2n) is 6.83. The maximum absolute atomic E-state index is 12.7. The van der Waals surface area contributed by atoms with Crippen LogP contribution >= 0.6 is 35.0 Å². The summed E-state index contributed by atoms with van der Waals surface area (Å²) in [6.07, 6.45) is 1.56. The van der Waals surface area contributed by atoms with E-state index in [1.807, 2.05) is 31.2 Å². The molecule has 31 heavy (non-hydrogen) atoms. The Hall–Kier alpha value is -2.67.